The number of piperazine rings is 1. The lowest BCUT2D eigenvalue weighted by atomic mass is 9.90. The first-order chi connectivity index (χ1) is 9.34. The van der Waals surface area contributed by atoms with Crippen LogP contribution in [0, 0.1) is 0 Å². The Kier molecular flexibility index (Phi) is 4.52. The highest BCUT2D eigenvalue weighted by molar-refractivity contribution is 9.10. The first-order valence-electron chi connectivity index (χ1n) is 6.90. The van der Waals surface area contributed by atoms with Gasteiger partial charge in [0.2, 0.25) is 5.91 Å². The Morgan fingerprint density at radius 3 is 2.50 bits per heavy atom. The SMILES string of the molecule is CC(N)C(c1ccc(Br)cc1)N1CCNC(=O)C1(C)C. The molecular weight excluding hydrogens is 318 g/mol. The third-order valence-electron chi connectivity index (χ3n) is 3.96. The fraction of sp³-hybridized carbons (Fsp3) is 0.533. The number of nitrogens with two attached hydrogens (primary N) is 1. The van der Waals surface area contributed by atoms with Crippen LogP contribution in [-0.2, 0) is 4.79 Å². The molecule has 20 heavy (non-hydrogen) atoms. The molecule has 0 aromatic heterocycles. The van der Waals surface area contributed by atoms with Crippen LogP contribution in [-0.4, -0.2) is 35.5 Å². The van der Waals surface area contributed by atoms with E-state index in [1.807, 2.05) is 32.9 Å². The van der Waals surface area contributed by atoms with E-state index in [4.69, 9.17) is 5.73 Å². The van der Waals surface area contributed by atoms with Crippen molar-refractivity contribution >= 4 is 21.8 Å². The third-order valence-corrected chi connectivity index (χ3v) is 4.49. The van der Waals surface area contributed by atoms with Crippen molar-refractivity contribution in [2.24, 2.45) is 5.73 Å². The van der Waals surface area contributed by atoms with E-state index in [-0.39, 0.29) is 18.0 Å². The molecule has 0 spiro atoms. The van der Waals surface area contributed by atoms with E-state index < -0.39 is 5.54 Å². The molecule has 110 valence electrons. The highest BCUT2D eigenvalue weighted by atomic mass is 79.9. The van der Waals surface area contributed by atoms with E-state index in [0.29, 0.717) is 6.54 Å². The molecule has 1 amide bonds. The molecule has 4 nitrogen and oxygen atoms in total. The lowest BCUT2D eigenvalue weighted by molar-refractivity contribution is -0.137. The summed E-state index contributed by atoms with van der Waals surface area (Å²) in [6.07, 6.45) is 0. The number of carbonyl (C=O) groups excluding carboxylic acids is 1. The predicted octanol–water partition coefficient (Wildman–Crippen LogP) is 2.05. The van der Waals surface area contributed by atoms with Gasteiger partial charge in [0.05, 0.1) is 11.6 Å². The van der Waals surface area contributed by atoms with Gasteiger partial charge in [0.1, 0.15) is 0 Å². The summed E-state index contributed by atoms with van der Waals surface area (Å²) in [6.45, 7) is 7.38. The van der Waals surface area contributed by atoms with E-state index in [9.17, 15) is 4.79 Å². The Labute approximate surface area is 128 Å². The number of carbonyl (C=O) groups is 1. The van der Waals surface area contributed by atoms with Crippen LogP contribution >= 0.6 is 15.9 Å². The van der Waals surface area contributed by atoms with Gasteiger partial charge in [-0.1, -0.05) is 28.1 Å². The summed E-state index contributed by atoms with van der Waals surface area (Å²) in [5.41, 5.74) is 6.81. The van der Waals surface area contributed by atoms with Gasteiger partial charge in [0, 0.05) is 23.6 Å². The highest BCUT2D eigenvalue weighted by Gasteiger charge is 2.42. The molecule has 1 fully saturated rings. The molecule has 3 N–H and O–H groups in total. The Morgan fingerprint density at radius 2 is 1.95 bits per heavy atom. The normalized spacial score (nSPS) is 22.1. The monoisotopic (exact) mass is 339 g/mol. The largest absolute Gasteiger partial charge is 0.353 e. The second kappa shape index (κ2) is 5.84. The van der Waals surface area contributed by atoms with Crippen molar-refractivity contribution in [2.45, 2.75) is 38.4 Å². The summed E-state index contributed by atoms with van der Waals surface area (Å²) in [7, 11) is 0. The number of nitrogens with one attached hydrogen (secondary N) is 1. The van der Waals surface area contributed by atoms with E-state index in [2.05, 4.69) is 38.3 Å². The van der Waals surface area contributed by atoms with Gasteiger partial charge >= 0.3 is 0 Å². The summed E-state index contributed by atoms with van der Waals surface area (Å²) in [6, 6.07) is 8.15. The molecule has 0 aliphatic carbocycles. The third kappa shape index (κ3) is 2.90. The van der Waals surface area contributed by atoms with Gasteiger partial charge in [0.25, 0.3) is 0 Å². The number of rotatable bonds is 3. The summed E-state index contributed by atoms with van der Waals surface area (Å²) >= 11 is 3.45. The number of benzene rings is 1. The summed E-state index contributed by atoms with van der Waals surface area (Å²) in [5, 5.41) is 2.93. The van der Waals surface area contributed by atoms with Crippen molar-refractivity contribution in [3.8, 4) is 0 Å². The van der Waals surface area contributed by atoms with Crippen molar-refractivity contribution in [2.75, 3.05) is 13.1 Å². The van der Waals surface area contributed by atoms with Crippen LogP contribution in [0.25, 0.3) is 0 Å². The molecule has 2 atom stereocenters. The van der Waals surface area contributed by atoms with Crippen LogP contribution in [0.4, 0.5) is 0 Å². The van der Waals surface area contributed by atoms with E-state index in [1.54, 1.807) is 0 Å². The van der Waals surface area contributed by atoms with Crippen molar-refractivity contribution in [1.82, 2.24) is 10.2 Å². The minimum absolute atomic E-state index is 0.0316. The van der Waals surface area contributed by atoms with E-state index >= 15 is 0 Å². The zero-order chi connectivity index (χ0) is 14.9. The average Bonchev–Trinajstić information content (AvgIpc) is 2.37. The minimum Gasteiger partial charge on any atom is -0.353 e. The van der Waals surface area contributed by atoms with Gasteiger partial charge in [-0.15, -0.1) is 0 Å². The summed E-state index contributed by atoms with van der Waals surface area (Å²) < 4.78 is 1.04. The molecule has 1 aromatic rings. The van der Waals surface area contributed by atoms with E-state index in [1.165, 1.54) is 0 Å². The van der Waals surface area contributed by atoms with Crippen molar-refractivity contribution in [3.05, 3.63) is 34.3 Å². The Bertz CT molecular complexity index is 484. The quantitative estimate of drug-likeness (QED) is 0.885. The predicted molar refractivity (Wildman–Crippen MR) is 84.3 cm³/mol. The molecule has 2 rings (SSSR count). The molecule has 0 saturated carbocycles. The fourth-order valence-corrected chi connectivity index (χ4v) is 3.09. The Balaban J connectivity index is 2.37. The van der Waals surface area contributed by atoms with Gasteiger partial charge in [-0.2, -0.15) is 0 Å². The molecule has 2 unspecified atom stereocenters. The Morgan fingerprint density at radius 1 is 1.35 bits per heavy atom. The molecule has 1 aliphatic heterocycles. The zero-order valence-corrected chi connectivity index (χ0v) is 13.8. The maximum absolute atomic E-state index is 12.1. The van der Waals surface area contributed by atoms with Crippen molar-refractivity contribution < 1.29 is 4.79 Å². The Hall–Kier alpha value is -0.910. The van der Waals surface area contributed by atoms with E-state index in [0.717, 1.165) is 16.6 Å². The number of amides is 1. The zero-order valence-electron chi connectivity index (χ0n) is 12.2. The van der Waals surface area contributed by atoms with Gasteiger partial charge in [-0.3, -0.25) is 9.69 Å². The molecule has 5 heteroatoms. The van der Waals surface area contributed by atoms with Gasteiger partial charge < -0.3 is 11.1 Å². The van der Waals surface area contributed by atoms with Gasteiger partial charge in [-0.25, -0.2) is 0 Å². The molecule has 0 bridgehead atoms. The maximum atomic E-state index is 12.1. The van der Waals surface area contributed by atoms with Crippen LogP contribution in [0.2, 0.25) is 0 Å². The van der Waals surface area contributed by atoms with Crippen LogP contribution in [0.1, 0.15) is 32.4 Å². The number of hydrogen-bond acceptors (Lipinski definition) is 3. The van der Waals surface area contributed by atoms with Crippen LogP contribution in [0.15, 0.2) is 28.7 Å². The second-order valence-electron chi connectivity index (χ2n) is 5.86. The molecule has 1 aromatic carbocycles. The van der Waals surface area contributed by atoms with Gasteiger partial charge in [0.15, 0.2) is 0 Å². The molecule has 1 aliphatic rings. The maximum Gasteiger partial charge on any atom is 0.240 e. The molecule has 1 saturated heterocycles. The number of nitrogens with zero attached hydrogens (tertiary/aromatic N) is 1. The van der Waals surface area contributed by atoms with Crippen LogP contribution < -0.4 is 11.1 Å². The average molecular weight is 340 g/mol. The number of halogens is 1. The first-order valence-corrected chi connectivity index (χ1v) is 7.69. The highest BCUT2D eigenvalue weighted by Crippen LogP contribution is 2.32. The topological polar surface area (TPSA) is 58.4 Å². The molecular formula is C15H22BrN3O. The smallest absolute Gasteiger partial charge is 0.240 e. The standard InChI is InChI=1S/C15H22BrN3O/c1-10(17)13(11-4-6-12(16)7-5-11)19-9-8-18-14(20)15(19,2)3/h4-7,10,13H,8-9,17H2,1-3H3,(H,18,20). The molecule has 1 heterocycles. The van der Waals surface area contributed by atoms with Crippen molar-refractivity contribution in [3.63, 3.8) is 0 Å². The minimum atomic E-state index is -0.552. The first kappa shape index (κ1) is 15.5. The lowest BCUT2D eigenvalue weighted by Crippen LogP contribution is -2.64. The summed E-state index contributed by atoms with van der Waals surface area (Å²) in [4.78, 5) is 14.3. The summed E-state index contributed by atoms with van der Waals surface area (Å²) in [5.74, 6) is 0.0616. The molecule has 0 radical (unpaired) electrons. The van der Waals surface area contributed by atoms with Crippen molar-refractivity contribution in [1.29, 1.82) is 0 Å². The van der Waals surface area contributed by atoms with Gasteiger partial charge in [-0.05, 0) is 38.5 Å². The van der Waals surface area contributed by atoms with Crippen LogP contribution in [0.5, 0.6) is 0 Å². The second-order valence-corrected chi connectivity index (χ2v) is 6.78. The number of hydrogen-bond donors (Lipinski definition) is 2. The van der Waals surface area contributed by atoms with Crippen LogP contribution in [0.3, 0.4) is 0 Å². The fourth-order valence-electron chi connectivity index (χ4n) is 2.83. The lowest BCUT2D eigenvalue weighted by Gasteiger charge is -2.47.